The van der Waals surface area contributed by atoms with Crippen molar-refractivity contribution in [3.63, 3.8) is 0 Å². The van der Waals surface area contributed by atoms with E-state index in [4.69, 9.17) is 9.84 Å². The zero-order valence-corrected chi connectivity index (χ0v) is 9.29. The molecule has 0 aromatic heterocycles. The van der Waals surface area contributed by atoms with Gasteiger partial charge in [0.15, 0.2) is 0 Å². The molecule has 0 heterocycles. The molecule has 0 bridgehead atoms. The second-order valence-corrected chi connectivity index (χ2v) is 3.13. The summed E-state index contributed by atoms with van der Waals surface area (Å²) in [6.07, 6.45) is 5.68. The molecule has 17 heavy (non-hydrogen) atoms. The fourth-order valence-corrected chi connectivity index (χ4v) is 1.18. The number of carbonyl (C=O) groups excluding carboxylic acids is 1. The van der Waals surface area contributed by atoms with Crippen molar-refractivity contribution in [1.82, 2.24) is 0 Å². The molecular weight excluding hydrogens is 220 g/mol. The Morgan fingerprint density at radius 1 is 1.24 bits per heavy atom. The van der Waals surface area contributed by atoms with Crippen LogP contribution < -0.4 is 4.74 Å². The Bertz CT molecular complexity index is 472. The number of ketones is 1. The van der Waals surface area contributed by atoms with E-state index < -0.39 is 11.8 Å². The van der Waals surface area contributed by atoms with Crippen LogP contribution in [0.2, 0.25) is 0 Å². The van der Waals surface area contributed by atoms with Crippen molar-refractivity contribution >= 4 is 17.8 Å². The van der Waals surface area contributed by atoms with Crippen molar-refractivity contribution < 1.29 is 19.4 Å². The molecule has 1 aromatic carbocycles. The van der Waals surface area contributed by atoms with Gasteiger partial charge in [0.2, 0.25) is 0 Å². The van der Waals surface area contributed by atoms with E-state index in [2.05, 4.69) is 0 Å². The second kappa shape index (κ2) is 6.27. The normalized spacial score (nSPS) is 10.9. The third-order valence-electron chi connectivity index (χ3n) is 1.98. The lowest BCUT2D eigenvalue weighted by Crippen LogP contribution is -2.08. The number of aliphatic carboxylic acids is 1. The predicted octanol–water partition coefficient (Wildman–Crippen LogP) is 1.92. The van der Waals surface area contributed by atoms with Crippen LogP contribution in [0.3, 0.4) is 0 Å². The first-order valence-electron chi connectivity index (χ1n) is 4.90. The Hall–Kier alpha value is -2.36. The summed E-state index contributed by atoms with van der Waals surface area (Å²) in [5.41, 5.74) is 0.849. The van der Waals surface area contributed by atoms with Crippen LogP contribution in [0, 0.1) is 0 Å². The van der Waals surface area contributed by atoms with Gasteiger partial charge >= 0.3 is 5.97 Å². The van der Waals surface area contributed by atoms with E-state index in [0.29, 0.717) is 5.75 Å². The first kappa shape index (κ1) is 12.7. The summed E-state index contributed by atoms with van der Waals surface area (Å²) in [5, 5.41) is 8.34. The number of hydrogen-bond acceptors (Lipinski definition) is 3. The van der Waals surface area contributed by atoms with Gasteiger partial charge in [-0.3, -0.25) is 4.79 Å². The molecule has 1 rings (SSSR count). The zero-order chi connectivity index (χ0) is 12.7. The summed E-state index contributed by atoms with van der Waals surface area (Å²) < 4.78 is 5.13. The van der Waals surface area contributed by atoms with Crippen molar-refractivity contribution in [3.8, 4) is 5.75 Å². The fourth-order valence-electron chi connectivity index (χ4n) is 1.18. The summed E-state index contributed by atoms with van der Waals surface area (Å²) in [7, 11) is 1.57. The third kappa shape index (κ3) is 3.95. The Morgan fingerprint density at radius 2 is 1.94 bits per heavy atom. The number of methoxy groups -OCH3 is 1. The Morgan fingerprint density at radius 3 is 2.59 bits per heavy atom. The molecule has 0 spiro atoms. The fraction of sp³-hybridized carbons (Fsp3) is 0.0769. The number of hydrogen-bond donors (Lipinski definition) is 1. The maximum atomic E-state index is 10.7. The van der Waals surface area contributed by atoms with Gasteiger partial charge in [0.05, 0.1) is 7.11 Å². The highest BCUT2D eigenvalue weighted by Gasteiger charge is 2.04. The van der Waals surface area contributed by atoms with E-state index >= 15 is 0 Å². The highest BCUT2D eigenvalue weighted by Crippen LogP contribution is 2.18. The summed E-state index contributed by atoms with van der Waals surface area (Å²) in [5.74, 6) is -1.71. The average molecular weight is 232 g/mol. The minimum atomic E-state index is -1.47. The molecule has 88 valence electrons. The lowest BCUT2D eigenvalue weighted by molar-refractivity contribution is -0.146. The first-order valence-corrected chi connectivity index (χ1v) is 4.90. The van der Waals surface area contributed by atoms with Crippen LogP contribution in [-0.4, -0.2) is 24.0 Å². The first-order chi connectivity index (χ1) is 8.15. The molecular formula is C13H12O4. The van der Waals surface area contributed by atoms with E-state index in [1.54, 1.807) is 19.3 Å². The molecule has 1 N–H and O–H groups in total. The van der Waals surface area contributed by atoms with Gasteiger partial charge in [-0.15, -0.1) is 0 Å². The molecule has 0 saturated carbocycles. The summed E-state index contributed by atoms with van der Waals surface area (Å²) >= 11 is 0. The molecule has 0 fully saturated rings. The minimum Gasteiger partial charge on any atom is -0.496 e. The molecule has 0 amide bonds. The number of para-hydroxylation sites is 1. The number of carboxylic acid groups (broad SMARTS) is 1. The van der Waals surface area contributed by atoms with Crippen molar-refractivity contribution in [1.29, 1.82) is 0 Å². The van der Waals surface area contributed by atoms with Crippen LogP contribution in [0.25, 0.3) is 6.08 Å². The number of carboxylic acids is 1. The van der Waals surface area contributed by atoms with Gasteiger partial charge in [-0.25, -0.2) is 4.79 Å². The highest BCUT2D eigenvalue weighted by atomic mass is 16.5. The van der Waals surface area contributed by atoms with Gasteiger partial charge in [0.1, 0.15) is 5.75 Å². The van der Waals surface area contributed by atoms with E-state index in [1.165, 1.54) is 6.08 Å². The molecule has 0 saturated heterocycles. The quantitative estimate of drug-likeness (QED) is 0.478. The summed E-state index contributed by atoms with van der Waals surface area (Å²) in [6.45, 7) is 0. The topological polar surface area (TPSA) is 63.6 Å². The number of carbonyl (C=O) groups is 2. The Kier molecular flexibility index (Phi) is 4.69. The van der Waals surface area contributed by atoms with Crippen molar-refractivity contribution in [3.05, 3.63) is 48.1 Å². The van der Waals surface area contributed by atoms with Crippen LogP contribution >= 0.6 is 0 Å². The molecule has 0 radical (unpaired) electrons. The average Bonchev–Trinajstić information content (AvgIpc) is 2.34. The second-order valence-electron chi connectivity index (χ2n) is 3.13. The van der Waals surface area contributed by atoms with Gasteiger partial charge in [0.25, 0.3) is 5.78 Å². The maximum Gasteiger partial charge on any atom is 0.376 e. The number of benzene rings is 1. The molecule has 1 aromatic rings. The predicted molar refractivity (Wildman–Crippen MR) is 63.8 cm³/mol. The third-order valence-corrected chi connectivity index (χ3v) is 1.98. The molecule has 0 aliphatic carbocycles. The van der Waals surface area contributed by atoms with Crippen LogP contribution in [0.4, 0.5) is 0 Å². The van der Waals surface area contributed by atoms with Gasteiger partial charge in [-0.1, -0.05) is 36.4 Å². The van der Waals surface area contributed by atoms with Gasteiger partial charge in [-0.2, -0.15) is 0 Å². The molecule has 0 aliphatic heterocycles. The molecule has 4 nitrogen and oxygen atoms in total. The number of rotatable bonds is 5. The van der Waals surface area contributed by atoms with Crippen LogP contribution in [0.5, 0.6) is 5.75 Å². The van der Waals surface area contributed by atoms with E-state index in [0.717, 1.165) is 11.6 Å². The van der Waals surface area contributed by atoms with Crippen LogP contribution in [0.1, 0.15) is 5.56 Å². The monoisotopic (exact) mass is 232 g/mol. The largest absolute Gasteiger partial charge is 0.496 e. The highest BCUT2D eigenvalue weighted by molar-refractivity contribution is 6.37. The van der Waals surface area contributed by atoms with E-state index in [1.807, 2.05) is 24.3 Å². The summed E-state index contributed by atoms with van der Waals surface area (Å²) in [6, 6.07) is 7.36. The van der Waals surface area contributed by atoms with Crippen molar-refractivity contribution in [2.75, 3.05) is 7.11 Å². The standard InChI is InChI=1S/C13H12O4/c1-17-12-9-5-3-7-10(12)6-2-4-8-11(14)13(15)16/h2-9H,1H3,(H,15,16)/b6-2+,8-4+. The Balaban J connectivity index is 2.71. The number of allylic oxidation sites excluding steroid dienone is 2. The van der Waals surface area contributed by atoms with Crippen LogP contribution in [-0.2, 0) is 9.59 Å². The molecule has 0 unspecified atom stereocenters. The van der Waals surface area contributed by atoms with E-state index in [-0.39, 0.29) is 0 Å². The lowest BCUT2D eigenvalue weighted by Gasteiger charge is -2.02. The Labute approximate surface area is 98.8 Å². The minimum absolute atomic E-state index is 0.710. The number of ether oxygens (including phenoxy) is 1. The summed E-state index contributed by atoms with van der Waals surface area (Å²) in [4.78, 5) is 21.0. The molecule has 0 atom stereocenters. The smallest absolute Gasteiger partial charge is 0.376 e. The van der Waals surface area contributed by atoms with Crippen LogP contribution in [0.15, 0.2) is 42.5 Å². The van der Waals surface area contributed by atoms with Crippen molar-refractivity contribution in [2.45, 2.75) is 0 Å². The van der Waals surface area contributed by atoms with Gasteiger partial charge < -0.3 is 9.84 Å². The lowest BCUT2D eigenvalue weighted by atomic mass is 10.2. The van der Waals surface area contributed by atoms with Gasteiger partial charge in [0, 0.05) is 5.56 Å². The maximum absolute atomic E-state index is 10.7. The molecule has 0 aliphatic rings. The zero-order valence-electron chi connectivity index (χ0n) is 9.29. The van der Waals surface area contributed by atoms with E-state index in [9.17, 15) is 9.59 Å². The SMILES string of the molecule is COc1ccccc1/C=C/C=C/C(=O)C(=O)O. The van der Waals surface area contributed by atoms with Gasteiger partial charge in [-0.05, 0) is 12.1 Å². The molecule has 4 heteroatoms. The van der Waals surface area contributed by atoms with Crippen molar-refractivity contribution in [2.24, 2.45) is 0 Å².